The van der Waals surface area contributed by atoms with Crippen molar-refractivity contribution < 1.29 is 9.72 Å². The number of amides is 1. The van der Waals surface area contributed by atoms with E-state index < -0.39 is 4.92 Å². The molecule has 0 spiro atoms. The highest BCUT2D eigenvalue weighted by atomic mass is 32.1. The molecule has 0 fully saturated rings. The summed E-state index contributed by atoms with van der Waals surface area (Å²) in [5.74, 6) is -0.358. The lowest BCUT2D eigenvalue weighted by atomic mass is 10.1. The molecule has 0 aliphatic heterocycles. The fourth-order valence-electron chi connectivity index (χ4n) is 4.16. The van der Waals surface area contributed by atoms with Gasteiger partial charge in [0.15, 0.2) is 0 Å². The van der Waals surface area contributed by atoms with Crippen LogP contribution in [0.4, 0.5) is 5.69 Å². The van der Waals surface area contributed by atoms with Crippen LogP contribution in [0.15, 0.2) is 77.9 Å². The number of aryl methyl sites for hydroxylation is 1. The molecule has 8 heteroatoms. The van der Waals surface area contributed by atoms with E-state index in [4.69, 9.17) is 0 Å². The second-order valence-electron chi connectivity index (χ2n) is 7.95. The fraction of sp³-hybridized carbons (Fsp3) is 0.0769. The summed E-state index contributed by atoms with van der Waals surface area (Å²) in [5, 5.41) is 18.1. The van der Waals surface area contributed by atoms with Crippen LogP contribution >= 0.6 is 11.3 Å². The van der Waals surface area contributed by atoms with Gasteiger partial charge in [0, 0.05) is 44.6 Å². The zero-order valence-electron chi connectivity index (χ0n) is 18.5. The monoisotopic (exact) mass is 468 g/mol. The van der Waals surface area contributed by atoms with Crippen LogP contribution in [0.2, 0.25) is 0 Å². The SMILES string of the molecule is Cc1cc(/C=N\NC(=O)c2cc3cc([N+](=O)[O-])ccc3s2)c(C)n1-c1cccc2ccccc12. The Morgan fingerprint density at radius 2 is 1.82 bits per heavy atom. The molecule has 0 unspecified atom stereocenters. The van der Waals surface area contributed by atoms with Crippen molar-refractivity contribution in [2.45, 2.75) is 13.8 Å². The number of nitrogens with zero attached hydrogens (tertiary/aromatic N) is 3. The summed E-state index contributed by atoms with van der Waals surface area (Å²) in [6.45, 7) is 4.07. The summed E-state index contributed by atoms with van der Waals surface area (Å²) < 4.78 is 2.99. The van der Waals surface area contributed by atoms with E-state index in [1.807, 2.05) is 38.1 Å². The Balaban J connectivity index is 1.39. The third-order valence-electron chi connectivity index (χ3n) is 5.78. The molecule has 0 aliphatic carbocycles. The van der Waals surface area contributed by atoms with E-state index in [2.05, 4.69) is 39.4 Å². The third-order valence-corrected chi connectivity index (χ3v) is 6.90. The molecule has 0 saturated carbocycles. The minimum Gasteiger partial charge on any atom is -0.317 e. The molecule has 0 atom stereocenters. The molecular formula is C26H20N4O3S. The number of hydrogen-bond acceptors (Lipinski definition) is 5. The Hall–Kier alpha value is -4.30. The van der Waals surface area contributed by atoms with Crippen LogP contribution in [0, 0.1) is 24.0 Å². The maximum Gasteiger partial charge on any atom is 0.281 e. The molecule has 34 heavy (non-hydrogen) atoms. The number of carbonyl (C=O) groups excluding carboxylic acids is 1. The Bertz CT molecular complexity index is 1610. The molecule has 168 valence electrons. The normalized spacial score (nSPS) is 11.5. The van der Waals surface area contributed by atoms with Crippen LogP contribution in [0.3, 0.4) is 0 Å². The number of nitro groups is 1. The third kappa shape index (κ3) is 3.84. The van der Waals surface area contributed by atoms with Crippen molar-refractivity contribution in [1.82, 2.24) is 9.99 Å². The number of aromatic nitrogens is 1. The topological polar surface area (TPSA) is 89.5 Å². The molecule has 0 aliphatic rings. The van der Waals surface area contributed by atoms with Gasteiger partial charge in [0.25, 0.3) is 11.6 Å². The Kier molecular flexibility index (Phi) is 5.43. The number of hydrogen-bond donors (Lipinski definition) is 1. The molecule has 5 rings (SSSR count). The van der Waals surface area contributed by atoms with Crippen molar-refractivity contribution >= 4 is 50.0 Å². The van der Waals surface area contributed by atoms with Gasteiger partial charge < -0.3 is 4.57 Å². The molecule has 0 radical (unpaired) electrons. The van der Waals surface area contributed by atoms with Crippen molar-refractivity contribution in [2.24, 2.45) is 5.10 Å². The molecule has 1 amide bonds. The van der Waals surface area contributed by atoms with Gasteiger partial charge in [-0.05, 0) is 43.5 Å². The number of nitro benzene ring substituents is 1. The van der Waals surface area contributed by atoms with Gasteiger partial charge in [-0.15, -0.1) is 11.3 Å². The lowest BCUT2D eigenvalue weighted by molar-refractivity contribution is -0.384. The van der Waals surface area contributed by atoms with Crippen molar-refractivity contribution in [3.05, 3.63) is 105 Å². The van der Waals surface area contributed by atoms with Crippen LogP contribution in [-0.4, -0.2) is 21.6 Å². The van der Waals surface area contributed by atoms with Gasteiger partial charge in [-0.3, -0.25) is 14.9 Å². The predicted octanol–water partition coefficient (Wildman–Crippen LogP) is 6.13. The molecular weight excluding hydrogens is 448 g/mol. The minimum absolute atomic E-state index is 0.00293. The van der Waals surface area contributed by atoms with Crippen LogP contribution in [0.25, 0.3) is 26.5 Å². The summed E-state index contributed by atoms with van der Waals surface area (Å²) in [6, 6.07) is 22.7. The van der Waals surface area contributed by atoms with Gasteiger partial charge in [0.1, 0.15) is 0 Å². The van der Waals surface area contributed by atoms with E-state index in [9.17, 15) is 14.9 Å². The van der Waals surface area contributed by atoms with Crippen LogP contribution in [0.1, 0.15) is 26.6 Å². The molecule has 1 N–H and O–H groups in total. The molecule has 3 aromatic carbocycles. The number of rotatable bonds is 5. The van der Waals surface area contributed by atoms with E-state index in [0.717, 1.165) is 32.7 Å². The molecule has 7 nitrogen and oxygen atoms in total. The summed E-state index contributed by atoms with van der Waals surface area (Å²) in [5.41, 5.74) is 6.64. The van der Waals surface area contributed by atoms with Gasteiger partial charge in [0.2, 0.25) is 0 Å². The highest BCUT2D eigenvalue weighted by molar-refractivity contribution is 7.20. The second kappa shape index (κ2) is 8.57. The largest absolute Gasteiger partial charge is 0.317 e. The van der Waals surface area contributed by atoms with Crippen molar-refractivity contribution in [3.63, 3.8) is 0 Å². The van der Waals surface area contributed by atoms with E-state index in [-0.39, 0.29) is 11.6 Å². The minimum atomic E-state index is -0.449. The molecule has 0 bridgehead atoms. The van der Waals surface area contributed by atoms with Crippen LogP contribution in [-0.2, 0) is 0 Å². The lowest BCUT2D eigenvalue weighted by Crippen LogP contribution is -2.16. The van der Waals surface area contributed by atoms with Crippen LogP contribution < -0.4 is 5.43 Å². The average molecular weight is 469 g/mol. The number of non-ortho nitro benzene ring substituents is 1. The number of thiophene rings is 1. The second-order valence-corrected chi connectivity index (χ2v) is 9.03. The zero-order chi connectivity index (χ0) is 23.8. The zero-order valence-corrected chi connectivity index (χ0v) is 19.3. The lowest BCUT2D eigenvalue weighted by Gasteiger charge is -2.12. The van der Waals surface area contributed by atoms with Crippen molar-refractivity contribution in [3.8, 4) is 5.69 Å². The maximum absolute atomic E-state index is 12.6. The van der Waals surface area contributed by atoms with Crippen LogP contribution in [0.5, 0.6) is 0 Å². The smallest absolute Gasteiger partial charge is 0.281 e. The highest BCUT2D eigenvalue weighted by Gasteiger charge is 2.14. The van der Waals surface area contributed by atoms with E-state index in [1.165, 1.54) is 28.9 Å². The summed E-state index contributed by atoms with van der Waals surface area (Å²) in [6.07, 6.45) is 1.64. The van der Waals surface area contributed by atoms with E-state index in [0.29, 0.717) is 10.3 Å². The van der Waals surface area contributed by atoms with Gasteiger partial charge >= 0.3 is 0 Å². The van der Waals surface area contributed by atoms with Gasteiger partial charge in [-0.1, -0.05) is 36.4 Å². The summed E-state index contributed by atoms with van der Waals surface area (Å²) in [7, 11) is 0. The Morgan fingerprint density at radius 3 is 2.65 bits per heavy atom. The van der Waals surface area contributed by atoms with Crippen molar-refractivity contribution in [1.29, 1.82) is 0 Å². The Labute approximate surface area is 199 Å². The van der Waals surface area contributed by atoms with Gasteiger partial charge in [-0.25, -0.2) is 5.43 Å². The number of hydrazone groups is 1. The summed E-state index contributed by atoms with van der Waals surface area (Å²) >= 11 is 1.27. The van der Waals surface area contributed by atoms with E-state index in [1.54, 1.807) is 18.3 Å². The van der Waals surface area contributed by atoms with Gasteiger partial charge in [-0.2, -0.15) is 5.10 Å². The average Bonchev–Trinajstić information content (AvgIpc) is 3.38. The number of nitrogens with one attached hydrogen (secondary N) is 1. The quantitative estimate of drug-likeness (QED) is 0.191. The first-order valence-electron chi connectivity index (χ1n) is 10.6. The van der Waals surface area contributed by atoms with Gasteiger partial charge in [0.05, 0.1) is 21.7 Å². The molecule has 5 aromatic rings. The number of benzene rings is 3. The summed E-state index contributed by atoms with van der Waals surface area (Å²) in [4.78, 5) is 23.6. The highest BCUT2D eigenvalue weighted by Crippen LogP contribution is 2.29. The van der Waals surface area contributed by atoms with Crippen molar-refractivity contribution in [2.75, 3.05) is 0 Å². The first-order chi connectivity index (χ1) is 16.4. The maximum atomic E-state index is 12.6. The molecule has 0 saturated heterocycles. The molecule has 2 aromatic heterocycles. The predicted molar refractivity (Wildman–Crippen MR) is 136 cm³/mol. The molecule has 2 heterocycles. The number of fused-ring (bicyclic) bond motifs is 2. The number of carbonyl (C=O) groups is 1. The fourth-order valence-corrected chi connectivity index (χ4v) is 5.10. The van der Waals surface area contributed by atoms with E-state index >= 15 is 0 Å². The first kappa shape index (κ1) is 21.5. The first-order valence-corrected chi connectivity index (χ1v) is 11.4. The Morgan fingerprint density at radius 1 is 1.03 bits per heavy atom. The standard InChI is InChI=1S/C26H20N4O3S/c1-16-12-20(17(2)29(16)23-9-5-7-18-6-3-4-8-22(18)23)15-27-28-26(31)25-14-19-13-21(30(32)33)10-11-24(19)34-25/h3-15H,1-2H3,(H,28,31)/b27-15-.